The molecule has 1 aliphatic heterocycles. The molecule has 2 N–H and O–H groups in total. The largest absolute Gasteiger partial charge is 0.508 e. The van der Waals surface area contributed by atoms with Crippen molar-refractivity contribution in [3.05, 3.63) is 23.8 Å². The van der Waals surface area contributed by atoms with Crippen molar-refractivity contribution in [1.82, 2.24) is 10.2 Å². The van der Waals surface area contributed by atoms with Crippen LogP contribution in [0.3, 0.4) is 0 Å². The van der Waals surface area contributed by atoms with E-state index < -0.39 is 0 Å². The predicted molar refractivity (Wildman–Crippen MR) is 104 cm³/mol. The molecule has 1 atom stereocenters. The Morgan fingerprint density at radius 1 is 1.30 bits per heavy atom. The summed E-state index contributed by atoms with van der Waals surface area (Å²) in [5.74, 6) is 1.37. The number of nitrogens with one attached hydrogen (secondary N) is 1. The van der Waals surface area contributed by atoms with Gasteiger partial charge in [0.2, 0.25) is 5.91 Å². The van der Waals surface area contributed by atoms with Crippen molar-refractivity contribution >= 4 is 5.91 Å². The van der Waals surface area contributed by atoms with Crippen LogP contribution in [0.1, 0.15) is 37.7 Å². The van der Waals surface area contributed by atoms with Crippen LogP contribution < -0.4 is 10.1 Å². The topological polar surface area (TPSA) is 71.0 Å². The fourth-order valence-corrected chi connectivity index (χ4v) is 4.89. The highest BCUT2D eigenvalue weighted by Gasteiger charge is 2.46. The Hall–Kier alpha value is -1.79. The summed E-state index contributed by atoms with van der Waals surface area (Å²) in [4.78, 5) is 14.3. The van der Waals surface area contributed by atoms with Crippen LogP contribution in [0.2, 0.25) is 0 Å². The van der Waals surface area contributed by atoms with Crippen molar-refractivity contribution in [3.8, 4) is 11.5 Å². The van der Waals surface area contributed by atoms with E-state index in [2.05, 4.69) is 10.2 Å². The van der Waals surface area contributed by atoms with E-state index in [-0.39, 0.29) is 18.3 Å². The SMILES string of the molecule is COCC(=O)NCC1CN(Cc2ccc(O)cc2OC)CC12CCCCC2. The molecule has 1 aromatic rings. The number of amides is 1. The van der Waals surface area contributed by atoms with Crippen molar-refractivity contribution in [2.45, 2.75) is 38.6 Å². The third-order valence-corrected chi connectivity index (χ3v) is 6.22. The standard InChI is InChI=1S/C21H32N2O4/c1-26-14-20(25)22-11-17-13-23(15-21(17)8-4-3-5-9-21)12-16-6-7-18(24)10-19(16)27-2/h6-7,10,17,24H,3-5,8-9,11-15H2,1-2H3,(H,22,25). The summed E-state index contributed by atoms with van der Waals surface area (Å²) in [6, 6.07) is 5.33. The van der Waals surface area contributed by atoms with E-state index >= 15 is 0 Å². The summed E-state index contributed by atoms with van der Waals surface area (Å²) >= 11 is 0. The number of phenols is 1. The zero-order valence-corrected chi connectivity index (χ0v) is 16.5. The number of carbonyl (C=O) groups is 1. The minimum atomic E-state index is -0.0397. The molecule has 27 heavy (non-hydrogen) atoms. The van der Waals surface area contributed by atoms with Crippen molar-refractivity contribution in [2.24, 2.45) is 11.3 Å². The molecule has 2 aliphatic rings. The number of rotatable bonds is 7. The predicted octanol–water partition coefficient (Wildman–Crippen LogP) is 2.55. The molecule has 1 heterocycles. The van der Waals surface area contributed by atoms with Gasteiger partial charge in [-0.3, -0.25) is 9.69 Å². The second-order valence-electron chi connectivity index (χ2n) is 8.02. The molecular formula is C21H32N2O4. The average molecular weight is 376 g/mol. The van der Waals surface area contributed by atoms with Gasteiger partial charge in [-0.05, 0) is 30.2 Å². The maximum Gasteiger partial charge on any atom is 0.245 e. The second-order valence-corrected chi connectivity index (χ2v) is 8.02. The number of phenolic OH excluding ortho intramolecular Hbond substituents is 1. The van der Waals surface area contributed by atoms with Crippen molar-refractivity contribution in [1.29, 1.82) is 0 Å². The van der Waals surface area contributed by atoms with Gasteiger partial charge in [0.15, 0.2) is 0 Å². The van der Waals surface area contributed by atoms with Gasteiger partial charge in [-0.1, -0.05) is 25.3 Å². The summed E-state index contributed by atoms with van der Waals surface area (Å²) < 4.78 is 10.4. The van der Waals surface area contributed by atoms with E-state index in [4.69, 9.17) is 9.47 Å². The Morgan fingerprint density at radius 3 is 2.78 bits per heavy atom. The first-order valence-corrected chi connectivity index (χ1v) is 9.90. The zero-order valence-electron chi connectivity index (χ0n) is 16.5. The molecule has 6 nitrogen and oxygen atoms in total. The summed E-state index contributed by atoms with van der Waals surface area (Å²) in [5.41, 5.74) is 1.38. The van der Waals surface area contributed by atoms with Gasteiger partial charge in [0.1, 0.15) is 18.1 Å². The third kappa shape index (κ3) is 4.74. The highest BCUT2D eigenvalue weighted by molar-refractivity contribution is 5.77. The number of carbonyl (C=O) groups excluding carboxylic acids is 1. The minimum Gasteiger partial charge on any atom is -0.508 e. The van der Waals surface area contributed by atoms with Crippen molar-refractivity contribution in [2.75, 3.05) is 40.5 Å². The molecule has 1 aromatic carbocycles. The summed E-state index contributed by atoms with van der Waals surface area (Å²) in [6.45, 7) is 3.66. The number of methoxy groups -OCH3 is 2. The van der Waals surface area contributed by atoms with Gasteiger partial charge < -0.3 is 19.9 Å². The van der Waals surface area contributed by atoms with Crippen LogP contribution in [-0.2, 0) is 16.1 Å². The molecule has 0 aromatic heterocycles. The molecule has 150 valence electrons. The number of hydrogen-bond acceptors (Lipinski definition) is 5. The number of likely N-dealkylation sites (tertiary alicyclic amines) is 1. The molecule has 0 bridgehead atoms. The van der Waals surface area contributed by atoms with Crippen LogP contribution in [0.25, 0.3) is 0 Å². The van der Waals surface area contributed by atoms with E-state index in [0.717, 1.165) is 30.9 Å². The molecule has 2 fully saturated rings. The van der Waals surface area contributed by atoms with Crippen LogP contribution in [0.5, 0.6) is 11.5 Å². The number of benzene rings is 1. The highest BCUT2D eigenvalue weighted by atomic mass is 16.5. The molecule has 3 rings (SSSR count). The second kappa shape index (κ2) is 8.93. The number of ether oxygens (including phenoxy) is 2. The molecule has 1 saturated carbocycles. The van der Waals surface area contributed by atoms with Crippen LogP contribution in [0.4, 0.5) is 0 Å². The van der Waals surface area contributed by atoms with Gasteiger partial charge in [0, 0.05) is 44.9 Å². The Bertz CT molecular complexity index is 643. The molecule has 1 aliphatic carbocycles. The first-order chi connectivity index (χ1) is 13.1. The van der Waals surface area contributed by atoms with Gasteiger partial charge in [-0.15, -0.1) is 0 Å². The first-order valence-electron chi connectivity index (χ1n) is 9.90. The number of aromatic hydroxyl groups is 1. The van der Waals surface area contributed by atoms with Gasteiger partial charge in [0.05, 0.1) is 7.11 Å². The van der Waals surface area contributed by atoms with E-state index in [9.17, 15) is 9.90 Å². The van der Waals surface area contributed by atoms with Gasteiger partial charge in [-0.25, -0.2) is 0 Å². The molecule has 1 spiro atoms. The van der Waals surface area contributed by atoms with Crippen LogP contribution in [0, 0.1) is 11.3 Å². The third-order valence-electron chi connectivity index (χ3n) is 6.22. The molecule has 1 unspecified atom stereocenters. The Labute approximate surface area is 161 Å². The average Bonchev–Trinajstić information content (AvgIpc) is 2.98. The Kier molecular flexibility index (Phi) is 6.60. The van der Waals surface area contributed by atoms with Crippen molar-refractivity contribution < 1.29 is 19.4 Å². The Balaban J connectivity index is 1.70. The summed E-state index contributed by atoms with van der Waals surface area (Å²) in [6.07, 6.45) is 6.34. The summed E-state index contributed by atoms with van der Waals surface area (Å²) in [5, 5.41) is 12.8. The van der Waals surface area contributed by atoms with E-state index in [1.54, 1.807) is 26.4 Å². The van der Waals surface area contributed by atoms with Gasteiger partial charge in [0.25, 0.3) is 0 Å². The first kappa shape index (κ1) is 20.0. The lowest BCUT2D eigenvalue weighted by Crippen LogP contribution is -2.40. The maximum absolute atomic E-state index is 11.9. The lowest BCUT2D eigenvalue weighted by atomic mass is 9.67. The smallest absolute Gasteiger partial charge is 0.245 e. The van der Waals surface area contributed by atoms with E-state index in [1.807, 2.05) is 6.07 Å². The monoisotopic (exact) mass is 376 g/mol. The van der Waals surface area contributed by atoms with E-state index in [1.165, 1.54) is 32.1 Å². The molecule has 1 saturated heterocycles. The quantitative estimate of drug-likeness (QED) is 0.765. The minimum absolute atomic E-state index is 0.0397. The molecule has 0 radical (unpaired) electrons. The van der Waals surface area contributed by atoms with E-state index in [0.29, 0.717) is 17.9 Å². The number of hydrogen-bond donors (Lipinski definition) is 2. The van der Waals surface area contributed by atoms with Crippen LogP contribution in [0.15, 0.2) is 18.2 Å². The Morgan fingerprint density at radius 2 is 2.07 bits per heavy atom. The number of nitrogens with zero attached hydrogens (tertiary/aromatic N) is 1. The zero-order chi connectivity index (χ0) is 19.3. The van der Waals surface area contributed by atoms with Gasteiger partial charge in [-0.2, -0.15) is 0 Å². The summed E-state index contributed by atoms with van der Waals surface area (Å²) in [7, 11) is 3.18. The lowest BCUT2D eigenvalue weighted by Gasteiger charge is -2.38. The normalized spacial score (nSPS) is 22.1. The van der Waals surface area contributed by atoms with Crippen LogP contribution in [-0.4, -0.2) is 56.4 Å². The fraction of sp³-hybridized carbons (Fsp3) is 0.667. The van der Waals surface area contributed by atoms with Crippen molar-refractivity contribution in [3.63, 3.8) is 0 Å². The fourth-order valence-electron chi connectivity index (χ4n) is 4.89. The molecule has 6 heteroatoms. The van der Waals surface area contributed by atoms with Gasteiger partial charge >= 0.3 is 0 Å². The lowest BCUT2D eigenvalue weighted by molar-refractivity contribution is -0.125. The van der Waals surface area contributed by atoms with Crippen LogP contribution >= 0.6 is 0 Å². The maximum atomic E-state index is 11.9. The molecular weight excluding hydrogens is 344 g/mol. The highest BCUT2D eigenvalue weighted by Crippen LogP contribution is 2.47. The molecule has 1 amide bonds.